The molecule has 2 amide bonds. The summed E-state index contributed by atoms with van der Waals surface area (Å²) >= 11 is 0. The average Bonchev–Trinajstić information content (AvgIpc) is 3.43. The van der Waals surface area contributed by atoms with Gasteiger partial charge in [-0.1, -0.05) is 55.4 Å². The summed E-state index contributed by atoms with van der Waals surface area (Å²) in [6.45, 7) is 6.15. The van der Waals surface area contributed by atoms with Crippen molar-refractivity contribution in [2.45, 2.75) is 39.7 Å². The van der Waals surface area contributed by atoms with Crippen molar-refractivity contribution in [3.05, 3.63) is 101 Å². The van der Waals surface area contributed by atoms with Gasteiger partial charge in [0.05, 0.1) is 24.4 Å². The van der Waals surface area contributed by atoms with Gasteiger partial charge < -0.3 is 14.6 Å². The van der Waals surface area contributed by atoms with Crippen molar-refractivity contribution in [3.63, 3.8) is 0 Å². The van der Waals surface area contributed by atoms with Crippen LogP contribution in [0.1, 0.15) is 49.4 Å². The van der Waals surface area contributed by atoms with Gasteiger partial charge in [-0.3, -0.25) is 4.90 Å². The van der Waals surface area contributed by atoms with E-state index >= 15 is 0 Å². The smallest absolute Gasteiger partial charge is 0.326 e. The quantitative estimate of drug-likeness (QED) is 0.314. The lowest BCUT2D eigenvalue weighted by Gasteiger charge is -2.35. The Kier molecular flexibility index (Phi) is 6.77. The highest BCUT2D eigenvalue weighted by molar-refractivity contribution is 6.01. The maximum absolute atomic E-state index is 13.4. The molecule has 5 rings (SSSR count). The summed E-state index contributed by atoms with van der Waals surface area (Å²) in [6, 6.07) is 23.1. The number of hydrogen-bond donors (Lipinski definition) is 1. The van der Waals surface area contributed by atoms with Crippen LogP contribution in [0, 0.1) is 0 Å². The molecule has 2 heterocycles. The van der Waals surface area contributed by atoms with E-state index in [-0.39, 0.29) is 6.03 Å². The van der Waals surface area contributed by atoms with E-state index < -0.39 is 6.04 Å². The number of benzene rings is 3. The van der Waals surface area contributed by atoms with Crippen LogP contribution < -0.4 is 15.0 Å². The molecule has 7 nitrogen and oxygen atoms in total. The number of nitrogens with one attached hydrogen (secondary N) is 1. The maximum Gasteiger partial charge on any atom is 0.326 e. The van der Waals surface area contributed by atoms with Crippen LogP contribution in [0.15, 0.2) is 83.0 Å². The number of carbonyl (C=O) groups is 1. The first kappa shape index (κ1) is 24.3. The van der Waals surface area contributed by atoms with Crippen LogP contribution in [0.2, 0.25) is 0 Å². The molecular formula is C30H30N4O3. The summed E-state index contributed by atoms with van der Waals surface area (Å²) in [5, 5.41) is 7.43. The Morgan fingerprint density at radius 3 is 2.14 bits per heavy atom. The fraction of sp³-hybridized carbons (Fsp3) is 0.233. The van der Waals surface area contributed by atoms with Crippen LogP contribution in [0.25, 0.3) is 17.0 Å². The lowest BCUT2D eigenvalue weighted by molar-refractivity contribution is 0.244. The molecule has 0 saturated heterocycles. The second-order valence-electron chi connectivity index (χ2n) is 8.98. The Balaban J connectivity index is 1.61. The molecule has 1 aliphatic heterocycles. The predicted octanol–water partition coefficient (Wildman–Crippen LogP) is 6.57. The van der Waals surface area contributed by atoms with Gasteiger partial charge in [-0.05, 0) is 72.9 Å². The summed E-state index contributed by atoms with van der Waals surface area (Å²) in [7, 11) is 1.63. The topological polar surface area (TPSA) is 80.5 Å². The molecule has 37 heavy (non-hydrogen) atoms. The van der Waals surface area contributed by atoms with E-state index in [2.05, 4.69) is 36.5 Å². The van der Waals surface area contributed by atoms with Gasteiger partial charge in [-0.15, -0.1) is 0 Å². The third kappa shape index (κ3) is 4.72. The van der Waals surface area contributed by atoms with Crippen LogP contribution in [0.4, 0.5) is 10.5 Å². The Morgan fingerprint density at radius 1 is 0.919 bits per heavy atom. The summed E-state index contributed by atoms with van der Waals surface area (Å²) in [5.41, 5.74) is 6.47. The minimum Gasteiger partial charge on any atom is -0.497 e. The third-order valence-corrected chi connectivity index (χ3v) is 6.81. The highest BCUT2D eigenvalue weighted by Gasteiger charge is 2.36. The van der Waals surface area contributed by atoms with Crippen molar-refractivity contribution in [2.24, 2.45) is 0 Å². The SMILES string of the molecule is CCc1ccc(C2NC(=O)N(c3ccc(CC)cc3)C(C)=C2c2nc(-c3ccc(OC)cc3)no2)cc1. The fourth-order valence-corrected chi connectivity index (χ4v) is 4.60. The van der Waals surface area contributed by atoms with E-state index in [0.717, 1.165) is 46.7 Å². The van der Waals surface area contributed by atoms with Crippen LogP contribution in [0.5, 0.6) is 5.75 Å². The zero-order valence-electron chi connectivity index (χ0n) is 21.5. The van der Waals surface area contributed by atoms with E-state index in [1.807, 2.05) is 67.6 Å². The van der Waals surface area contributed by atoms with Crippen molar-refractivity contribution >= 4 is 17.3 Å². The number of urea groups is 1. The number of ether oxygens (including phenoxy) is 1. The van der Waals surface area contributed by atoms with Gasteiger partial charge in [0.15, 0.2) is 0 Å². The number of amides is 2. The second-order valence-corrected chi connectivity index (χ2v) is 8.98. The van der Waals surface area contributed by atoms with Crippen molar-refractivity contribution in [2.75, 3.05) is 12.0 Å². The summed E-state index contributed by atoms with van der Waals surface area (Å²) in [6.07, 6.45) is 1.87. The van der Waals surface area contributed by atoms with Gasteiger partial charge in [0, 0.05) is 11.3 Å². The number of hydrogen-bond acceptors (Lipinski definition) is 5. The predicted molar refractivity (Wildman–Crippen MR) is 144 cm³/mol. The molecule has 7 heteroatoms. The number of methoxy groups -OCH3 is 1. The highest BCUT2D eigenvalue weighted by atomic mass is 16.5. The van der Waals surface area contributed by atoms with Crippen molar-refractivity contribution < 1.29 is 14.1 Å². The van der Waals surface area contributed by atoms with Gasteiger partial charge in [-0.25, -0.2) is 4.79 Å². The van der Waals surface area contributed by atoms with Crippen LogP contribution in [-0.4, -0.2) is 23.3 Å². The van der Waals surface area contributed by atoms with E-state index in [4.69, 9.17) is 14.2 Å². The molecule has 0 radical (unpaired) electrons. The van der Waals surface area contributed by atoms with Gasteiger partial charge in [-0.2, -0.15) is 4.98 Å². The first-order chi connectivity index (χ1) is 18.0. The Bertz CT molecular complexity index is 1420. The summed E-state index contributed by atoms with van der Waals surface area (Å²) in [5.74, 6) is 1.58. The standard InChI is InChI=1S/C30H30N4O3/c1-5-20-7-11-22(12-8-20)27-26(29-32-28(33-37-29)23-13-17-25(36-4)18-14-23)19(3)34(30(35)31-27)24-15-9-21(6-2)10-16-24/h7-18,27H,5-6H2,1-4H3,(H,31,35). The van der Waals surface area contributed by atoms with Gasteiger partial charge in [0.1, 0.15) is 5.75 Å². The van der Waals surface area contributed by atoms with Crippen molar-refractivity contribution in [1.29, 1.82) is 0 Å². The molecule has 1 aliphatic rings. The Hall–Kier alpha value is -4.39. The first-order valence-electron chi connectivity index (χ1n) is 12.5. The number of anilines is 1. The molecule has 1 N–H and O–H groups in total. The number of aromatic nitrogens is 2. The van der Waals surface area contributed by atoms with E-state index in [1.165, 1.54) is 11.1 Å². The Labute approximate surface area is 216 Å². The van der Waals surface area contributed by atoms with Gasteiger partial charge >= 0.3 is 6.03 Å². The number of rotatable bonds is 7. The number of aryl methyl sites for hydroxylation is 2. The molecule has 0 bridgehead atoms. The highest BCUT2D eigenvalue weighted by Crippen LogP contribution is 2.39. The number of carbonyl (C=O) groups excluding carboxylic acids is 1. The molecule has 1 unspecified atom stereocenters. The van der Waals surface area contributed by atoms with Crippen LogP contribution >= 0.6 is 0 Å². The van der Waals surface area contributed by atoms with E-state index in [1.54, 1.807) is 12.0 Å². The van der Waals surface area contributed by atoms with Crippen molar-refractivity contribution in [1.82, 2.24) is 15.5 Å². The minimum atomic E-state index is -0.436. The molecule has 188 valence electrons. The third-order valence-electron chi connectivity index (χ3n) is 6.81. The van der Waals surface area contributed by atoms with Crippen molar-refractivity contribution in [3.8, 4) is 17.1 Å². The molecule has 0 saturated carbocycles. The normalized spacial score (nSPS) is 15.6. The first-order valence-corrected chi connectivity index (χ1v) is 12.5. The van der Waals surface area contributed by atoms with E-state index in [9.17, 15) is 4.79 Å². The zero-order chi connectivity index (χ0) is 25.9. The largest absolute Gasteiger partial charge is 0.497 e. The summed E-state index contributed by atoms with van der Waals surface area (Å²) in [4.78, 5) is 19.8. The monoisotopic (exact) mass is 494 g/mol. The van der Waals surface area contributed by atoms with Gasteiger partial charge in [0.25, 0.3) is 5.89 Å². The minimum absolute atomic E-state index is 0.204. The van der Waals surface area contributed by atoms with Crippen LogP contribution in [0.3, 0.4) is 0 Å². The lowest BCUT2D eigenvalue weighted by Crippen LogP contribution is -2.46. The van der Waals surface area contributed by atoms with Crippen LogP contribution in [-0.2, 0) is 12.8 Å². The van der Waals surface area contributed by atoms with Gasteiger partial charge in [0.2, 0.25) is 5.82 Å². The van der Waals surface area contributed by atoms with E-state index in [0.29, 0.717) is 11.7 Å². The number of nitrogens with zero attached hydrogens (tertiary/aromatic N) is 3. The summed E-state index contributed by atoms with van der Waals surface area (Å²) < 4.78 is 11.1. The molecule has 3 aromatic carbocycles. The second kappa shape index (κ2) is 10.3. The maximum atomic E-state index is 13.4. The molecule has 0 fully saturated rings. The fourth-order valence-electron chi connectivity index (χ4n) is 4.60. The lowest BCUT2D eigenvalue weighted by atomic mass is 9.93. The molecule has 4 aromatic rings. The molecule has 1 aromatic heterocycles. The number of allylic oxidation sites excluding steroid dienone is 1. The Morgan fingerprint density at radius 2 is 1.54 bits per heavy atom. The zero-order valence-corrected chi connectivity index (χ0v) is 21.5. The molecule has 0 aliphatic carbocycles. The molecule has 0 spiro atoms. The average molecular weight is 495 g/mol. The molecular weight excluding hydrogens is 464 g/mol. The molecule has 1 atom stereocenters.